The SMILES string of the molecule is CC[C@H](C)[C@H](NC(=O)[C@H](CC(=O)O)NC(=O)[C@H](CC(=O)O)NC(=O)[C@H](CCSC)NC(=O)[C@@H](NC(=O)[C@H](C)NC(=O)CNC(=O)[C@@H](N)Cc1ccccc1)[C@@H](C)CC)C(=O)O. The summed E-state index contributed by atoms with van der Waals surface area (Å²) in [5, 5.41) is 45.1. The first-order valence-corrected chi connectivity index (χ1v) is 21.1. The van der Waals surface area contributed by atoms with Crippen LogP contribution in [0, 0.1) is 11.8 Å². The fourth-order valence-electron chi connectivity index (χ4n) is 5.61. The number of carboxylic acids is 3. The fraction of sp³-hybridized carbons (Fsp3) is 0.590. The number of aliphatic carboxylic acids is 3. The molecule has 0 saturated carbocycles. The van der Waals surface area contributed by atoms with Gasteiger partial charge in [0.15, 0.2) is 0 Å². The Kier molecular flexibility index (Phi) is 23.7. The molecule has 0 heterocycles. The van der Waals surface area contributed by atoms with E-state index in [-0.39, 0.29) is 18.6 Å². The quantitative estimate of drug-likeness (QED) is 0.0456. The van der Waals surface area contributed by atoms with Gasteiger partial charge in [0.1, 0.15) is 36.3 Å². The van der Waals surface area contributed by atoms with E-state index in [1.807, 2.05) is 6.07 Å². The third-order valence-corrected chi connectivity index (χ3v) is 10.3. The van der Waals surface area contributed by atoms with Crippen molar-refractivity contribution in [3.05, 3.63) is 35.9 Å². The van der Waals surface area contributed by atoms with Crippen molar-refractivity contribution >= 4 is 71.0 Å². The third kappa shape index (κ3) is 19.4. The van der Waals surface area contributed by atoms with Crippen LogP contribution in [0.2, 0.25) is 0 Å². The molecule has 0 aliphatic rings. The Balaban J connectivity index is 3.11. The number of carbonyl (C=O) groups excluding carboxylic acids is 7. The molecule has 1 aromatic rings. The predicted octanol–water partition coefficient (Wildman–Crippen LogP) is -1.52. The normalized spacial score (nSPS) is 15.3. The molecule has 340 valence electrons. The van der Waals surface area contributed by atoms with E-state index in [9.17, 15) is 63.3 Å². The first-order valence-electron chi connectivity index (χ1n) is 19.7. The molecule has 21 nitrogen and oxygen atoms in total. The standard InChI is InChI=1S/C39H60N8O13S/c1-7-20(3)31(46-33(53)22(5)42-28(48)19-41-34(54)24(40)16-23-12-10-9-11-13-23)38(58)43-25(14-15-61-6)35(55)44-26(17-29(49)50)36(56)45-27(18-30(51)52)37(57)47-32(39(59)60)21(4)8-2/h9-13,20-22,24-27,31-32H,7-8,14-19,40H2,1-6H3,(H,41,54)(H,42,48)(H,43,58)(H,44,55)(H,45,56)(H,46,53)(H,47,57)(H,49,50)(H,51,52)(H,59,60)/t20-,21-,22-,24-,25-,26-,27-,31-,32-/m0/s1. The van der Waals surface area contributed by atoms with Crippen LogP contribution in [0.25, 0.3) is 0 Å². The number of nitrogens with one attached hydrogen (secondary N) is 7. The molecular weight excluding hydrogens is 821 g/mol. The van der Waals surface area contributed by atoms with Crippen LogP contribution in [0.1, 0.15) is 72.3 Å². The van der Waals surface area contributed by atoms with E-state index in [2.05, 4.69) is 37.2 Å². The van der Waals surface area contributed by atoms with Gasteiger partial charge in [-0.2, -0.15) is 11.8 Å². The van der Waals surface area contributed by atoms with E-state index in [0.29, 0.717) is 12.8 Å². The van der Waals surface area contributed by atoms with Crippen LogP contribution in [0.3, 0.4) is 0 Å². The van der Waals surface area contributed by atoms with Gasteiger partial charge in [0.2, 0.25) is 41.4 Å². The molecule has 0 unspecified atom stereocenters. The maximum Gasteiger partial charge on any atom is 0.326 e. The smallest absolute Gasteiger partial charge is 0.326 e. The number of rotatable bonds is 28. The van der Waals surface area contributed by atoms with Crippen LogP contribution in [0.4, 0.5) is 0 Å². The highest BCUT2D eigenvalue weighted by molar-refractivity contribution is 7.98. The lowest BCUT2D eigenvalue weighted by Crippen LogP contribution is -2.61. The predicted molar refractivity (Wildman–Crippen MR) is 222 cm³/mol. The monoisotopic (exact) mass is 880 g/mol. The molecule has 1 rings (SSSR count). The first-order chi connectivity index (χ1) is 28.6. The van der Waals surface area contributed by atoms with E-state index < -0.39 is 133 Å². The van der Waals surface area contributed by atoms with E-state index in [1.165, 1.54) is 25.6 Å². The molecule has 0 bridgehead atoms. The first kappa shape index (κ1) is 53.2. The lowest BCUT2D eigenvalue weighted by atomic mass is 9.97. The Morgan fingerprint density at radius 2 is 1.10 bits per heavy atom. The Morgan fingerprint density at radius 3 is 1.59 bits per heavy atom. The molecule has 61 heavy (non-hydrogen) atoms. The molecule has 0 aromatic heterocycles. The number of amides is 7. The Morgan fingerprint density at radius 1 is 0.623 bits per heavy atom. The van der Waals surface area contributed by atoms with Gasteiger partial charge >= 0.3 is 17.9 Å². The molecule has 12 N–H and O–H groups in total. The molecule has 0 radical (unpaired) electrons. The molecule has 1 aromatic carbocycles. The molecule has 0 spiro atoms. The summed E-state index contributed by atoms with van der Waals surface area (Å²) in [4.78, 5) is 127. The van der Waals surface area contributed by atoms with Crippen molar-refractivity contribution < 1.29 is 63.3 Å². The van der Waals surface area contributed by atoms with Crippen LogP contribution >= 0.6 is 11.8 Å². The topological polar surface area (TPSA) is 342 Å². The molecule has 9 atom stereocenters. The van der Waals surface area contributed by atoms with Gasteiger partial charge in [-0.05, 0) is 49.2 Å². The zero-order chi connectivity index (χ0) is 46.4. The Bertz CT molecular complexity index is 1700. The van der Waals surface area contributed by atoms with Crippen molar-refractivity contribution in [3.8, 4) is 0 Å². The fourth-order valence-corrected chi connectivity index (χ4v) is 6.08. The van der Waals surface area contributed by atoms with E-state index in [1.54, 1.807) is 51.3 Å². The van der Waals surface area contributed by atoms with E-state index in [0.717, 1.165) is 5.56 Å². The summed E-state index contributed by atoms with van der Waals surface area (Å²) in [6.07, 6.45) is 0.545. The summed E-state index contributed by atoms with van der Waals surface area (Å²) in [7, 11) is 0. The third-order valence-electron chi connectivity index (χ3n) is 9.67. The molecule has 0 aliphatic carbocycles. The molecule has 0 saturated heterocycles. The molecule has 0 fully saturated rings. The largest absolute Gasteiger partial charge is 0.481 e. The van der Waals surface area contributed by atoms with Crippen LogP contribution < -0.4 is 43.0 Å². The lowest BCUT2D eigenvalue weighted by molar-refractivity contribution is -0.145. The van der Waals surface area contributed by atoms with Crippen molar-refractivity contribution in [2.45, 2.75) is 115 Å². The van der Waals surface area contributed by atoms with Gasteiger partial charge < -0.3 is 58.3 Å². The number of hydrogen-bond acceptors (Lipinski definition) is 12. The maximum absolute atomic E-state index is 13.7. The van der Waals surface area contributed by atoms with Gasteiger partial charge in [-0.1, -0.05) is 70.9 Å². The van der Waals surface area contributed by atoms with Crippen molar-refractivity contribution in [2.75, 3.05) is 18.6 Å². The number of nitrogens with two attached hydrogens (primary N) is 1. The summed E-state index contributed by atoms with van der Waals surface area (Å²) in [6, 6.07) is -0.972. The highest BCUT2D eigenvalue weighted by Crippen LogP contribution is 2.12. The Hall–Kier alpha value is -5.77. The van der Waals surface area contributed by atoms with Gasteiger partial charge in [-0.15, -0.1) is 0 Å². The van der Waals surface area contributed by atoms with Gasteiger partial charge in [-0.3, -0.25) is 43.2 Å². The summed E-state index contributed by atoms with van der Waals surface area (Å²) in [5.41, 5.74) is 6.78. The van der Waals surface area contributed by atoms with Crippen LogP contribution in [-0.2, 0) is 54.4 Å². The van der Waals surface area contributed by atoms with Crippen LogP contribution in [0.15, 0.2) is 30.3 Å². The van der Waals surface area contributed by atoms with Crippen molar-refractivity contribution in [2.24, 2.45) is 17.6 Å². The zero-order valence-electron chi connectivity index (χ0n) is 35.1. The molecule has 22 heteroatoms. The summed E-state index contributed by atoms with van der Waals surface area (Å²) >= 11 is 1.29. The number of carbonyl (C=O) groups is 10. The summed E-state index contributed by atoms with van der Waals surface area (Å²) in [6.45, 7) is 7.45. The second kappa shape index (κ2) is 27.2. The maximum atomic E-state index is 13.7. The number of carboxylic acid groups (broad SMARTS) is 3. The zero-order valence-corrected chi connectivity index (χ0v) is 36.0. The average Bonchev–Trinajstić information content (AvgIpc) is 3.20. The van der Waals surface area contributed by atoms with Crippen molar-refractivity contribution in [1.82, 2.24) is 37.2 Å². The van der Waals surface area contributed by atoms with Crippen LogP contribution in [-0.4, -0.2) is 135 Å². The van der Waals surface area contributed by atoms with E-state index >= 15 is 0 Å². The van der Waals surface area contributed by atoms with Gasteiger partial charge in [0.05, 0.1) is 25.4 Å². The van der Waals surface area contributed by atoms with Crippen molar-refractivity contribution in [3.63, 3.8) is 0 Å². The Labute approximate surface area is 358 Å². The second-order valence-corrected chi connectivity index (χ2v) is 15.5. The van der Waals surface area contributed by atoms with Crippen molar-refractivity contribution in [1.29, 1.82) is 0 Å². The number of thioether (sulfide) groups is 1. The molecular formula is C39H60N8O13S. The average molecular weight is 881 g/mol. The van der Waals surface area contributed by atoms with Gasteiger partial charge in [0.25, 0.3) is 0 Å². The van der Waals surface area contributed by atoms with Gasteiger partial charge in [-0.25, -0.2) is 4.79 Å². The molecule has 0 aliphatic heterocycles. The lowest BCUT2D eigenvalue weighted by Gasteiger charge is -2.28. The highest BCUT2D eigenvalue weighted by atomic mass is 32.2. The number of benzene rings is 1. The minimum absolute atomic E-state index is 0.0370. The van der Waals surface area contributed by atoms with Crippen LogP contribution in [0.5, 0.6) is 0 Å². The summed E-state index contributed by atoms with van der Waals surface area (Å²) < 4.78 is 0. The highest BCUT2D eigenvalue weighted by Gasteiger charge is 2.36. The van der Waals surface area contributed by atoms with Gasteiger partial charge in [0, 0.05) is 0 Å². The second-order valence-electron chi connectivity index (χ2n) is 14.5. The summed E-state index contributed by atoms with van der Waals surface area (Å²) in [5.74, 6) is -11.7. The number of hydrogen-bond donors (Lipinski definition) is 11. The molecule has 7 amide bonds. The van der Waals surface area contributed by atoms with E-state index in [4.69, 9.17) is 5.73 Å². The minimum Gasteiger partial charge on any atom is -0.481 e. The minimum atomic E-state index is -1.90.